The summed E-state index contributed by atoms with van der Waals surface area (Å²) in [5, 5.41) is 3.28. The predicted molar refractivity (Wildman–Crippen MR) is 67.3 cm³/mol. The largest absolute Gasteiger partial charge is 0.411 e. The normalized spacial score (nSPS) is 21.3. The van der Waals surface area contributed by atoms with Crippen molar-refractivity contribution in [3.63, 3.8) is 0 Å². The van der Waals surface area contributed by atoms with Crippen LogP contribution < -0.4 is 5.32 Å². The number of rotatable bonds is 5. The number of alkyl halides is 3. The molecule has 1 saturated heterocycles. The number of halogens is 3. The lowest BCUT2D eigenvalue weighted by Gasteiger charge is -2.35. The van der Waals surface area contributed by atoms with E-state index in [0.717, 1.165) is 25.5 Å². The summed E-state index contributed by atoms with van der Waals surface area (Å²) in [6.07, 6.45) is -0.674. The van der Waals surface area contributed by atoms with Crippen LogP contribution in [0.4, 0.5) is 13.2 Å². The van der Waals surface area contributed by atoms with E-state index in [2.05, 4.69) is 19.9 Å². The first-order chi connectivity index (χ1) is 9.47. The van der Waals surface area contributed by atoms with Gasteiger partial charge in [0.15, 0.2) is 0 Å². The van der Waals surface area contributed by atoms with E-state index in [1.807, 2.05) is 17.8 Å². The number of imidazole rings is 1. The molecule has 2 rings (SSSR count). The summed E-state index contributed by atoms with van der Waals surface area (Å²) in [7, 11) is 1.91. The van der Waals surface area contributed by atoms with Crippen LogP contribution in [0.3, 0.4) is 0 Å². The van der Waals surface area contributed by atoms with E-state index in [1.165, 1.54) is 0 Å². The maximum absolute atomic E-state index is 12.0. The summed E-state index contributed by atoms with van der Waals surface area (Å²) in [4.78, 5) is 6.42. The van der Waals surface area contributed by atoms with Crippen LogP contribution in [-0.4, -0.2) is 60.0 Å². The first-order valence-corrected chi connectivity index (χ1v) is 6.54. The van der Waals surface area contributed by atoms with Crippen LogP contribution in [0, 0.1) is 0 Å². The van der Waals surface area contributed by atoms with Gasteiger partial charge in [-0.05, 0) is 0 Å². The Bertz CT molecular complexity index is 421. The number of ether oxygens (including phenoxy) is 1. The minimum Gasteiger partial charge on any atom is -0.371 e. The van der Waals surface area contributed by atoms with E-state index in [9.17, 15) is 13.2 Å². The molecule has 1 aromatic heterocycles. The quantitative estimate of drug-likeness (QED) is 0.820. The topological polar surface area (TPSA) is 42.3 Å². The highest BCUT2D eigenvalue weighted by Crippen LogP contribution is 2.20. The zero-order valence-electron chi connectivity index (χ0n) is 11.4. The molecule has 1 unspecified atom stereocenters. The molecule has 1 aliphatic heterocycles. The lowest BCUT2D eigenvalue weighted by atomic mass is 10.2. The minimum absolute atomic E-state index is 0.0678. The van der Waals surface area contributed by atoms with Crippen molar-refractivity contribution >= 4 is 0 Å². The first kappa shape index (κ1) is 15.3. The highest BCUT2D eigenvalue weighted by atomic mass is 19.4. The van der Waals surface area contributed by atoms with Crippen LogP contribution in [0.2, 0.25) is 0 Å². The van der Waals surface area contributed by atoms with Crippen LogP contribution >= 0.6 is 0 Å². The number of hydrogen-bond donors (Lipinski definition) is 1. The van der Waals surface area contributed by atoms with Crippen LogP contribution in [0.15, 0.2) is 12.4 Å². The number of aromatic nitrogens is 2. The van der Waals surface area contributed by atoms with Crippen molar-refractivity contribution in [1.82, 2.24) is 19.8 Å². The van der Waals surface area contributed by atoms with Gasteiger partial charge >= 0.3 is 6.18 Å². The number of aryl methyl sites for hydroxylation is 1. The molecule has 2 heterocycles. The van der Waals surface area contributed by atoms with Gasteiger partial charge < -0.3 is 14.6 Å². The van der Waals surface area contributed by atoms with Crippen LogP contribution in [-0.2, 0) is 11.8 Å². The van der Waals surface area contributed by atoms with Gasteiger partial charge in [-0.15, -0.1) is 0 Å². The van der Waals surface area contributed by atoms with Gasteiger partial charge in [0.25, 0.3) is 0 Å². The van der Waals surface area contributed by atoms with Crippen molar-refractivity contribution in [3.05, 3.63) is 18.2 Å². The van der Waals surface area contributed by atoms with Crippen molar-refractivity contribution in [2.45, 2.75) is 12.2 Å². The van der Waals surface area contributed by atoms with Gasteiger partial charge in [-0.1, -0.05) is 0 Å². The standard InChI is InChI=1S/C12H19F3N4O/c1-18-4-3-17-11(18)10-8-16-2-5-19(10)6-7-20-9-12(13,14)15/h3-4,10,16H,2,5-9H2,1H3. The van der Waals surface area contributed by atoms with Gasteiger partial charge in [-0.25, -0.2) is 4.98 Å². The third-order valence-electron chi connectivity index (χ3n) is 3.30. The average Bonchev–Trinajstić information content (AvgIpc) is 2.80. The van der Waals surface area contributed by atoms with Gasteiger partial charge in [-0.2, -0.15) is 13.2 Å². The zero-order chi connectivity index (χ0) is 14.6. The van der Waals surface area contributed by atoms with Crippen molar-refractivity contribution in [2.75, 3.05) is 39.4 Å². The lowest BCUT2D eigenvalue weighted by Crippen LogP contribution is -2.48. The van der Waals surface area contributed by atoms with Gasteiger partial charge in [0, 0.05) is 45.6 Å². The third-order valence-corrected chi connectivity index (χ3v) is 3.30. The van der Waals surface area contributed by atoms with Crippen molar-refractivity contribution in [1.29, 1.82) is 0 Å². The van der Waals surface area contributed by atoms with E-state index in [0.29, 0.717) is 6.54 Å². The SMILES string of the molecule is Cn1ccnc1C1CNCCN1CCOCC(F)(F)F. The molecule has 0 aliphatic carbocycles. The van der Waals surface area contributed by atoms with Gasteiger partial charge in [0.2, 0.25) is 0 Å². The Balaban J connectivity index is 1.86. The summed E-state index contributed by atoms with van der Waals surface area (Å²) in [6, 6.07) is 0.0678. The Kier molecular flexibility index (Phi) is 5.00. The molecule has 1 aromatic rings. The summed E-state index contributed by atoms with van der Waals surface area (Å²) >= 11 is 0. The fraction of sp³-hybridized carbons (Fsp3) is 0.750. The highest BCUT2D eigenvalue weighted by molar-refractivity contribution is 5.02. The van der Waals surface area contributed by atoms with Crippen LogP contribution in [0.25, 0.3) is 0 Å². The molecule has 0 amide bonds. The summed E-state index contributed by atoms with van der Waals surface area (Å²) in [5.74, 6) is 0.910. The summed E-state index contributed by atoms with van der Waals surface area (Å²) < 4.78 is 42.7. The number of hydrogen-bond acceptors (Lipinski definition) is 4. The smallest absolute Gasteiger partial charge is 0.371 e. The second-order valence-corrected chi connectivity index (χ2v) is 4.82. The second-order valence-electron chi connectivity index (χ2n) is 4.82. The van der Waals surface area contributed by atoms with Gasteiger partial charge in [-0.3, -0.25) is 4.90 Å². The van der Waals surface area contributed by atoms with Crippen molar-refractivity contribution < 1.29 is 17.9 Å². The number of nitrogens with zero attached hydrogens (tertiary/aromatic N) is 3. The molecule has 114 valence electrons. The summed E-state index contributed by atoms with van der Waals surface area (Å²) in [6.45, 7) is 1.68. The Hall–Kier alpha value is -1.12. The van der Waals surface area contributed by atoms with Gasteiger partial charge in [0.05, 0.1) is 12.6 Å². The molecular formula is C12H19F3N4O. The lowest BCUT2D eigenvalue weighted by molar-refractivity contribution is -0.175. The van der Waals surface area contributed by atoms with Crippen molar-refractivity contribution in [2.24, 2.45) is 7.05 Å². The first-order valence-electron chi connectivity index (χ1n) is 6.54. The Morgan fingerprint density at radius 3 is 2.95 bits per heavy atom. The monoisotopic (exact) mass is 292 g/mol. The minimum atomic E-state index is -4.26. The van der Waals surface area contributed by atoms with E-state index in [4.69, 9.17) is 0 Å². The molecule has 8 heteroatoms. The highest BCUT2D eigenvalue weighted by Gasteiger charge is 2.29. The Morgan fingerprint density at radius 1 is 1.50 bits per heavy atom. The second kappa shape index (κ2) is 6.55. The zero-order valence-corrected chi connectivity index (χ0v) is 11.4. The molecule has 0 saturated carbocycles. The molecule has 1 aliphatic rings. The molecule has 5 nitrogen and oxygen atoms in total. The fourth-order valence-electron chi connectivity index (χ4n) is 2.34. The Labute approximate surface area is 115 Å². The van der Waals surface area contributed by atoms with Crippen LogP contribution in [0.5, 0.6) is 0 Å². The van der Waals surface area contributed by atoms with Crippen molar-refractivity contribution in [3.8, 4) is 0 Å². The average molecular weight is 292 g/mol. The number of piperazine rings is 1. The van der Waals surface area contributed by atoms with E-state index >= 15 is 0 Å². The van der Waals surface area contributed by atoms with Gasteiger partial charge in [0.1, 0.15) is 12.4 Å². The van der Waals surface area contributed by atoms with E-state index in [1.54, 1.807) is 6.20 Å². The number of nitrogens with one attached hydrogen (secondary N) is 1. The molecular weight excluding hydrogens is 273 g/mol. The van der Waals surface area contributed by atoms with E-state index < -0.39 is 12.8 Å². The molecule has 20 heavy (non-hydrogen) atoms. The van der Waals surface area contributed by atoms with Crippen LogP contribution in [0.1, 0.15) is 11.9 Å². The molecule has 0 bridgehead atoms. The Morgan fingerprint density at radius 2 is 2.30 bits per heavy atom. The fourth-order valence-corrected chi connectivity index (χ4v) is 2.34. The molecule has 1 fully saturated rings. The molecule has 1 N–H and O–H groups in total. The molecule has 0 spiro atoms. The summed E-state index contributed by atoms with van der Waals surface area (Å²) in [5.41, 5.74) is 0. The maximum Gasteiger partial charge on any atom is 0.411 e. The third kappa shape index (κ3) is 4.19. The molecule has 0 radical (unpaired) electrons. The maximum atomic E-state index is 12.0. The molecule has 1 atom stereocenters. The predicted octanol–water partition coefficient (Wildman–Crippen LogP) is 0.945. The molecule has 0 aromatic carbocycles. The van der Waals surface area contributed by atoms with E-state index in [-0.39, 0.29) is 12.6 Å².